The van der Waals surface area contributed by atoms with Crippen LogP contribution in [0.2, 0.25) is 0 Å². The predicted octanol–water partition coefficient (Wildman–Crippen LogP) is 3.67. The summed E-state index contributed by atoms with van der Waals surface area (Å²) in [6.45, 7) is 7.40. The van der Waals surface area contributed by atoms with Crippen LogP contribution in [0.1, 0.15) is 38.7 Å². The van der Waals surface area contributed by atoms with Crippen LogP contribution in [-0.4, -0.2) is 43.5 Å². The molecule has 0 aliphatic carbocycles. The van der Waals surface area contributed by atoms with E-state index in [9.17, 15) is 0 Å². The Morgan fingerprint density at radius 2 is 1.90 bits per heavy atom. The molecule has 2 aromatic rings. The average Bonchev–Trinajstić information content (AvgIpc) is 2.70. The molecule has 0 unspecified atom stereocenters. The topological polar surface area (TPSA) is 93.8 Å². The summed E-state index contributed by atoms with van der Waals surface area (Å²) < 4.78 is 5.79. The minimum Gasteiger partial charge on any atom is -0.494 e. The highest BCUT2D eigenvalue weighted by molar-refractivity contribution is 5.79. The minimum absolute atomic E-state index is 0.0904. The molecule has 29 heavy (non-hydrogen) atoms. The molecule has 1 heterocycles. The van der Waals surface area contributed by atoms with E-state index < -0.39 is 0 Å². The van der Waals surface area contributed by atoms with Gasteiger partial charge in [-0.2, -0.15) is 0 Å². The van der Waals surface area contributed by atoms with E-state index >= 15 is 0 Å². The van der Waals surface area contributed by atoms with Crippen LogP contribution in [0, 0.1) is 0 Å². The lowest BCUT2D eigenvalue weighted by atomic mass is 10.2. The third kappa shape index (κ3) is 10.4. The monoisotopic (exact) mass is 399 g/mol. The highest BCUT2D eigenvalue weighted by Gasteiger charge is 1.97. The van der Waals surface area contributed by atoms with Crippen LogP contribution in [0.15, 0.2) is 47.8 Å². The molecule has 0 atom stereocenters. The van der Waals surface area contributed by atoms with Crippen LogP contribution in [-0.2, 0) is 4.84 Å². The molecule has 158 valence electrons. The number of nitrogens with two attached hydrogens (primary N) is 1. The number of nitrogens with zero attached hydrogens (tertiary/aromatic N) is 2. The first-order chi connectivity index (χ1) is 14.1. The van der Waals surface area contributed by atoms with Crippen molar-refractivity contribution in [3.05, 3.63) is 48.2 Å². The molecule has 1 aromatic heterocycles. The van der Waals surface area contributed by atoms with Gasteiger partial charge in [-0.25, -0.2) is 4.98 Å². The van der Waals surface area contributed by atoms with Crippen molar-refractivity contribution in [2.45, 2.75) is 39.2 Å². The fourth-order valence-electron chi connectivity index (χ4n) is 2.56. The van der Waals surface area contributed by atoms with Gasteiger partial charge in [0.25, 0.3) is 0 Å². The van der Waals surface area contributed by atoms with Crippen molar-refractivity contribution in [1.82, 2.24) is 10.3 Å². The molecule has 2 rings (SSSR count). The largest absolute Gasteiger partial charge is 0.494 e. The van der Waals surface area contributed by atoms with Crippen molar-refractivity contribution >= 4 is 17.7 Å². The highest BCUT2D eigenvalue weighted by Crippen LogP contribution is 2.12. The number of hydrogen-bond donors (Lipinski definition) is 3. The normalized spacial score (nSPS) is 11.1. The Labute approximate surface area is 173 Å². The lowest BCUT2D eigenvalue weighted by Crippen LogP contribution is -2.23. The Hall–Kier alpha value is -2.80. The lowest BCUT2D eigenvalue weighted by Gasteiger charge is -2.09. The van der Waals surface area contributed by atoms with Crippen molar-refractivity contribution in [3.8, 4) is 5.75 Å². The zero-order valence-corrected chi connectivity index (χ0v) is 17.4. The van der Waals surface area contributed by atoms with Crippen LogP contribution in [0.4, 0.5) is 11.5 Å². The van der Waals surface area contributed by atoms with Gasteiger partial charge in [0.1, 0.15) is 17.7 Å². The first kappa shape index (κ1) is 22.5. The number of nitrogen functional groups attached to an aromatic ring is 1. The van der Waals surface area contributed by atoms with Gasteiger partial charge in [0.15, 0.2) is 0 Å². The second kappa shape index (κ2) is 13.4. The Morgan fingerprint density at radius 1 is 1.07 bits per heavy atom. The molecule has 7 heteroatoms. The molecule has 0 radical (unpaired) electrons. The summed E-state index contributed by atoms with van der Waals surface area (Å²) in [7, 11) is 0. The van der Waals surface area contributed by atoms with E-state index in [-0.39, 0.29) is 6.10 Å². The number of unbranched alkanes of at least 4 members (excludes halogenated alkanes) is 2. The lowest BCUT2D eigenvalue weighted by molar-refractivity contribution is 0.0873. The second-order valence-corrected chi connectivity index (χ2v) is 7.01. The molecule has 0 aliphatic rings. The van der Waals surface area contributed by atoms with Gasteiger partial charge in [-0.3, -0.25) is 0 Å². The molecule has 0 bridgehead atoms. The zero-order chi connectivity index (χ0) is 20.7. The van der Waals surface area contributed by atoms with Crippen LogP contribution >= 0.6 is 0 Å². The zero-order valence-electron chi connectivity index (χ0n) is 17.4. The maximum absolute atomic E-state index is 5.79. The Balaban J connectivity index is 1.45. The van der Waals surface area contributed by atoms with E-state index in [0.717, 1.165) is 62.5 Å². The van der Waals surface area contributed by atoms with Crippen LogP contribution in [0.25, 0.3) is 0 Å². The second-order valence-electron chi connectivity index (χ2n) is 7.01. The highest BCUT2D eigenvalue weighted by atomic mass is 16.6. The Kier molecular flexibility index (Phi) is 10.4. The smallest absolute Gasteiger partial charge is 0.125 e. The van der Waals surface area contributed by atoms with Crippen molar-refractivity contribution in [1.29, 1.82) is 0 Å². The molecule has 0 saturated heterocycles. The van der Waals surface area contributed by atoms with Crippen molar-refractivity contribution < 1.29 is 9.57 Å². The van der Waals surface area contributed by atoms with E-state index in [1.54, 1.807) is 12.4 Å². The van der Waals surface area contributed by atoms with Gasteiger partial charge < -0.3 is 25.9 Å². The summed E-state index contributed by atoms with van der Waals surface area (Å²) >= 11 is 0. The number of anilines is 2. The number of aromatic nitrogens is 1. The van der Waals surface area contributed by atoms with Crippen molar-refractivity contribution in [3.63, 3.8) is 0 Å². The summed E-state index contributed by atoms with van der Waals surface area (Å²) in [4.78, 5) is 9.13. The molecule has 7 nitrogen and oxygen atoms in total. The predicted molar refractivity (Wildman–Crippen MR) is 120 cm³/mol. The van der Waals surface area contributed by atoms with Gasteiger partial charge in [-0.05, 0) is 75.5 Å². The van der Waals surface area contributed by atoms with Gasteiger partial charge in [0, 0.05) is 31.0 Å². The fraction of sp³-hybridized carbons (Fsp3) is 0.455. The molecular formula is C22H33N5O2. The number of benzene rings is 1. The summed E-state index contributed by atoms with van der Waals surface area (Å²) in [5.41, 5.74) is 7.64. The number of pyridine rings is 1. The number of hydrogen-bond acceptors (Lipinski definition) is 7. The molecule has 4 N–H and O–H groups in total. The van der Waals surface area contributed by atoms with E-state index in [4.69, 9.17) is 15.3 Å². The SMILES string of the molecule is CC(C)O/N=C/c1ccc(OCCCCCNCCNc2ccnc(N)c2)cc1. The van der Waals surface area contributed by atoms with E-state index in [1.807, 2.05) is 50.2 Å². The average molecular weight is 400 g/mol. The van der Waals surface area contributed by atoms with Gasteiger partial charge in [-0.1, -0.05) is 5.16 Å². The van der Waals surface area contributed by atoms with Crippen molar-refractivity contribution in [2.75, 3.05) is 37.3 Å². The first-order valence-electron chi connectivity index (χ1n) is 10.2. The standard InChI is InChI=1S/C22H33N5O2/c1-18(2)29-27-17-19-6-8-21(9-7-19)28-15-5-3-4-11-24-13-14-25-20-10-12-26-22(23)16-20/h6-10,12,16-18,24H,3-5,11,13-15H2,1-2H3,(H3,23,25,26)/b27-17+. The fourth-order valence-corrected chi connectivity index (χ4v) is 2.56. The Morgan fingerprint density at radius 3 is 2.66 bits per heavy atom. The number of oxime groups is 1. The molecule has 0 fully saturated rings. The maximum Gasteiger partial charge on any atom is 0.125 e. The van der Waals surface area contributed by atoms with Gasteiger partial charge in [-0.15, -0.1) is 0 Å². The van der Waals surface area contributed by atoms with Gasteiger partial charge in [0.2, 0.25) is 0 Å². The summed E-state index contributed by atoms with van der Waals surface area (Å²) in [5.74, 6) is 1.42. The van der Waals surface area contributed by atoms with E-state index in [2.05, 4.69) is 20.8 Å². The molecular weight excluding hydrogens is 366 g/mol. The van der Waals surface area contributed by atoms with Crippen LogP contribution in [0.5, 0.6) is 5.75 Å². The quantitative estimate of drug-likeness (QED) is 0.255. The van der Waals surface area contributed by atoms with Crippen molar-refractivity contribution in [2.24, 2.45) is 5.16 Å². The van der Waals surface area contributed by atoms with E-state index in [0.29, 0.717) is 5.82 Å². The summed E-state index contributed by atoms with van der Waals surface area (Å²) in [6, 6.07) is 11.6. The summed E-state index contributed by atoms with van der Waals surface area (Å²) in [6.07, 6.45) is 6.82. The number of nitrogens with one attached hydrogen (secondary N) is 2. The maximum atomic E-state index is 5.79. The number of rotatable bonds is 14. The van der Waals surface area contributed by atoms with Gasteiger partial charge in [0.05, 0.1) is 12.8 Å². The van der Waals surface area contributed by atoms with Crippen LogP contribution in [0.3, 0.4) is 0 Å². The minimum atomic E-state index is 0.0904. The van der Waals surface area contributed by atoms with Gasteiger partial charge >= 0.3 is 0 Å². The summed E-state index contributed by atoms with van der Waals surface area (Å²) in [5, 5.41) is 10.7. The van der Waals surface area contributed by atoms with Crippen LogP contribution < -0.4 is 21.1 Å². The number of ether oxygens (including phenoxy) is 1. The molecule has 0 spiro atoms. The molecule has 0 amide bonds. The third-order valence-electron chi connectivity index (χ3n) is 4.03. The Bertz CT molecular complexity index is 719. The van der Waals surface area contributed by atoms with E-state index in [1.165, 1.54) is 0 Å². The molecule has 0 saturated carbocycles. The third-order valence-corrected chi connectivity index (χ3v) is 4.03. The molecule has 0 aliphatic heterocycles. The molecule has 1 aromatic carbocycles. The first-order valence-corrected chi connectivity index (χ1v) is 10.2.